The van der Waals surface area contributed by atoms with Crippen LogP contribution < -0.4 is 14.8 Å². The monoisotopic (exact) mass is 441 g/mol. The first kappa shape index (κ1) is 22.2. The summed E-state index contributed by atoms with van der Waals surface area (Å²) in [6.07, 6.45) is 3.35. The summed E-state index contributed by atoms with van der Waals surface area (Å²) in [5, 5.41) is 3.87. The first-order chi connectivity index (χ1) is 15.9. The Labute approximate surface area is 193 Å². The molecule has 168 valence electrons. The lowest BCUT2D eigenvalue weighted by atomic mass is 9.96. The first-order valence-electron chi connectivity index (χ1n) is 10.7. The molecule has 0 aliphatic heterocycles. The number of fused-ring (bicyclic) bond motifs is 1. The van der Waals surface area contributed by atoms with E-state index in [1.807, 2.05) is 75.4 Å². The van der Waals surface area contributed by atoms with Crippen LogP contribution in [0, 0.1) is 13.8 Å². The van der Waals surface area contributed by atoms with Crippen LogP contribution in [0.1, 0.15) is 23.6 Å². The predicted octanol–water partition coefficient (Wildman–Crippen LogP) is 6.78. The van der Waals surface area contributed by atoms with E-state index >= 15 is 0 Å². The fourth-order valence-electron chi connectivity index (χ4n) is 3.96. The topological polar surface area (TPSA) is 60.7 Å². The third-order valence-electron chi connectivity index (χ3n) is 5.74. The quantitative estimate of drug-likeness (QED) is 0.335. The number of nitrogens with one attached hydrogen (secondary N) is 1. The number of benzene rings is 3. The van der Waals surface area contributed by atoms with Crippen molar-refractivity contribution in [1.82, 2.24) is 0 Å². The van der Waals surface area contributed by atoms with E-state index in [2.05, 4.69) is 5.32 Å². The molecule has 0 saturated heterocycles. The van der Waals surface area contributed by atoms with Crippen LogP contribution in [0.15, 0.2) is 71.4 Å². The van der Waals surface area contributed by atoms with Gasteiger partial charge in [-0.1, -0.05) is 29.8 Å². The van der Waals surface area contributed by atoms with Crippen LogP contribution in [0.2, 0.25) is 0 Å². The normalized spacial score (nSPS) is 11.5. The molecule has 0 radical (unpaired) electrons. The van der Waals surface area contributed by atoms with E-state index in [4.69, 9.17) is 13.9 Å². The highest BCUT2D eigenvalue weighted by molar-refractivity contribution is 6.06. The molecule has 1 heterocycles. The Morgan fingerprint density at radius 3 is 2.30 bits per heavy atom. The minimum atomic E-state index is -0.196. The third kappa shape index (κ3) is 4.48. The van der Waals surface area contributed by atoms with E-state index in [9.17, 15) is 4.79 Å². The molecular formula is C28H27NO4. The number of rotatable bonds is 6. The van der Waals surface area contributed by atoms with E-state index in [0.717, 1.165) is 55.8 Å². The van der Waals surface area contributed by atoms with E-state index in [1.54, 1.807) is 26.6 Å². The van der Waals surface area contributed by atoms with Crippen molar-refractivity contribution in [2.45, 2.75) is 20.8 Å². The summed E-state index contributed by atoms with van der Waals surface area (Å²) in [5.41, 5.74) is 7.17. The van der Waals surface area contributed by atoms with Crippen molar-refractivity contribution in [3.8, 4) is 22.6 Å². The smallest absolute Gasteiger partial charge is 0.248 e. The van der Waals surface area contributed by atoms with Crippen LogP contribution in [-0.4, -0.2) is 20.1 Å². The van der Waals surface area contributed by atoms with Crippen LogP contribution in [0.3, 0.4) is 0 Å². The average Bonchev–Trinajstić information content (AvgIpc) is 3.25. The minimum absolute atomic E-state index is 0.196. The molecular weight excluding hydrogens is 414 g/mol. The van der Waals surface area contributed by atoms with Gasteiger partial charge in [-0.3, -0.25) is 4.79 Å². The number of furan rings is 1. The molecule has 3 aromatic carbocycles. The summed E-state index contributed by atoms with van der Waals surface area (Å²) < 4.78 is 16.9. The molecule has 0 saturated carbocycles. The SMILES string of the molecule is COc1ccc(-c2coc3c(C)c(OC)c(/C(C)=C/C(=O)Nc4ccc(C)cc4)cc23)cc1. The van der Waals surface area contributed by atoms with E-state index in [-0.39, 0.29) is 5.91 Å². The molecule has 1 amide bonds. The maximum Gasteiger partial charge on any atom is 0.248 e. The summed E-state index contributed by atoms with van der Waals surface area (Å²) >= 11 is 0. The number of hydrogen-bond acceptors (Lipinski definition) is 4. The summed E-state index contributed by atoms with van der Waals surface area (Å²) in [4.78, 5) is 12.7. The molecule has 0 aliphatic rings. The van der Waals surface area contributed by atoms with E-state index in [1.165, 1.54) is 0 Å². The van der Waals surface area contributed by atoms with Gasteiger partial charge in [0, 0.05) is 33.8 Å². The Bertz CT molecular complexity index is 1330. The Hall–Kier alpha value is -3.99. The van der Waals surface area contributed by atoms with Crippen LogP contribution in [0.25, 0.3) is 27.7 Å². The van der Waals surface area contributed by atoms with Crippen molar-refractivity contribution in [2.75, 3.05) is 19.5 Å². The number of anilines is 1. The lowest BCUT2D eigenvalue weighted by Crippen LogP contribution is -2.08. The predicted molar refractivity (Wildman–Crippen MR) is 133 cm³/mol. The molecule has 0 bridgehead atoms. The molecule has 1 N–H and O–H groups in total. The molecule has 4 aromatic rings. The molecule has 0 spiro atoms. The Balaban J connectivity index is 1.74. The molecule has 5 heteroatoms. The van der Waals surface area contributed by atoms with Crippen LogP contribution >= 0.6 is 0 Å². The molecule has 0 unspecified atom stereocenters. The number of allylic oxidation sites excluding steroid dienone is 1. The summed E-state index contributed by atoms with van der Waals surface area (Å²) in [6, 6.07) is 17.6. The highest BCUT2D eigenvalue weighted by Gasteiger charge is 2.19. The molecule has 5 nitrogen and oxygen atoms in total. The number of aryl methyl sites for hydroxylation is 2. The van der Waals surface area contributed by atoms with Gasteiger partial charge in [-0.25, -0.2) is 0 Å². The van der Waals surface area contributed by atoms with Gasteiger partial charge in [0.25, 0.3) is 0 Å². The second-order valence-corrected chi connectivity index (χ2v) is 8.02. The number of ether oxygens (including phenoxy) is 2. The van der Waals surface area contributed by atoms with Gasteiger partial charge in [-0.05, 0) is 62.2 Å². The zero-order valence-electron chi connectivity index (χ0n) is 19.5. The molecule has 0 aliphatic carbocycles. The van der Waals surface area contributed by atoms with Gasteiger partial charge in [0.05, 0.1) is 20.5 Å². The second kappa shape index (κ2) is 9.25. The molecule has 1 aromatic heterocycles. The van der Waals surface area contributed by atoms with Crippen molar-refractivity contribution in [3.05, 3.63) is 83.6 Å². The lowest BCUT2D eigenvalue weighted by molar-refractivity contribution is -0.111. The van der Waals surface area contributed by atoms with Gasteiger partial charge in [0.1, 0.15) is 17.1 Å². The zero-order chi connectivity index (χ0) is 23.5. The van der Waals surface area contributed by atoms with Gasteiger partial charge in [0.15, 0.2) is 0 Å². The van der Waals surface area contributed by atoms with Gasteiger partial charge >= 0.3 is 0 Å². The standard InChI is InChI=1S/C28H27NO4/c1-17-6-10-21(11-7-17)29-26(30)14-18(2)23-15-24-25(20-8-12-22(31-4)13-9-20)16-33-28(24)19(3)27(23)32-5/h6-16H,1-5H3,(H,29,30)/b18-14+. The molecule has 33 heavy (non-hydrogen) atoms. The minimum Gasteiger partial charge on any atom is -0.497 e. The van der Waals surface area contributed by atoms with Crippen molar-refractivity contribution in [3.63, 3.8) is 0 Å². The first-order valence-corrected chi connectivity index (χ1v) is 10.7. The summed E-state index contributed by atoms with van der Waals surface area (Å²) in [6.45, 7) is 5.88. The molecule has 0 atom stereocenters. The fraction of sp³-hybridized carbons (Fsp3) is 0.179. The number of carbonyl (C=O) groups excluding carboxylic acids is 1. The number of methoxy groups -OCH3 is 2. The fourth-order valence-corrected chi connectivity index (χ4v) is 3.96. The van der Waals surface area contributed by atoms with Crippen LogP contribution in [0.4, 0.5) is 5.69 Å². The van der Waals surface area contributed by atoms with E-state index < -0.39 is 0 Å². The Kier molecular flexibility index (Phi) is 6.22. The maximum atomic E-state index is 12.7. The van der Waals surface area contributed by atoms with Crippen LogP contribution in [-0.2, 0) is 4.79 Å². The summed E-state index contributed by atoms with van der Waals surface area (Å²) in [5.74, 6) is 1.29. The van der Waals surface area contributed by atoms with Crippen molar-refractivity contribution in [1.29, 1.82) is 0 Å². The van der Waals surface area contributed by atoms with Crippen molar-refractivity contribution >= 4 is 28.1 Å². The zero-order valence-corrected chi connectivity index (χ0v) is 19.5. The van der Waals surface area contributed by atoms with Crippen LogP contribution in [0.5, 0.6) is 11.5 Å². The van der Waals surface area contributed by atoms with Crippen molar-refractivity contribution in [2.24, 2.45) is 0 Å². The number of amides is 1. The van der Waals surface area contributed by atoms with Crippen molar-refractivity contribution < 1.29 is 18.7 Å². The number of hydrogen-bond donors (Lipinski definition) is 1. The third-order valence-corrected chi connectivity index (χ3v) is 5.74. The average molecular weight is 442 g/mol. The highest BCUT2D eigenvalue weighted by Crippen LogP contribution is 2.40. The largest absolute Gasteiger partial charge is 0.497 e. The van der Waals surface area contributed by atoms with E-state index in [0.29, 0.717) is 5.75 Å². The number of carbonyl (C=O) groups is 1. The van der Waals surface area contributed by atoms with Gasteiger partial charge < -0.3 is 19.2 Å². The lowest BCUT2D eigenvalue weighted by Gasteiger charge is -2.13. The van der Waals surface area contributed by atoms with Gasteiger partial charge in [-0.15, -0.1) is 0 Å². The van der Waals surface area contributed by atoms with Gasteiger partial charge in [-0.2, -0.15) is 0 Å². The van der Waals surface area contributed by atoms with Gasteiger partial charge in [0.2, 0.25) is 5.91 Å². The molecule has 0 fully saturated rings. The Morgan fingerprint density at radius 2 is 1.67 bits per heavy atom. The second-order valence-electron chi connectivity index (χ2n) is 8.02. The maximum absolute atomic E-state index is 12.7. The summed E-state index contributed by atoms with van der Waals surface area (Å²) in [7, 11) is 3.28. The highest BCUT2D eigenvalue weighted by atomic mass is 16.5. The Morgan fingerprint density at radius 1 is 0.970 bits per heavy atom. The molecule has 4 rings (SSSR count).